The van der Waals surface area contributed by atoms with Crippen LogP contribution in [-0.4, -0.2) is 31.7 Å². The Morgan fingerprint density at radius 2 is 1.77 bits per heavy atom. The molecule has 1 N–H and O–H groups in total. The summed E-state index contributed by atoms with van der Waals surface area (Å²) in [4.78, 5) is 11.7. The smallest absolute Gasteiger partial charge is 0.326 e. The summed E-state index contributed by atoms with van der Waals surface area (Å²) in [6, 6.07) is 12.4. The lowest BCUT2D eigenvalue weighted by molar-refractivity contribution is -0.139. The molecule has 3 rings (SSSR count). The van der Waals surface area contributed by atoms with E-state index in [9.17, 15) is 26.4 Å². The number of nitrogens with zero attached hydrogens (tertiary/aromatic N) is 2. The number of sulfonamides is 1. The fraction of sp³-hybridized carbons (Fsp3) is 0.300. The molecule has 2 aromatic rings. The number of amides is 1. The Bertz CT molecular complexity index is 1090. The van der Waals surface area contributed by atoms with E-state index in [0.29, 0.717) is 11.3 Å². The van der Waals surface area contributed by atoms with E-state index in [1.165, 1.54) is 12.1 Å². The summed E-state index contributed by atoms with van der Waals surface area (Å²) in [6.45, 7) is -0.129. The van der Waals surface area contributed by atoms with Gasteiger partial charge >= 0.3 is 6.18 Å². The summed E-state index contributed by atoms with van der Waals surface area (Å²) in [7, 11) is -4.35. The Balaban J connectivity index is 1.69. The molecule has 30 heavy (non-hydrogen) atoms. The van der Waals surface area contributed by atoms with Crippen LogP contribution in [0.2, 0.25) is 0 Å². The molecule has 0 saturated carbocycles. The van der Waals surface area contributed by atoms with Crippen LogP contribution in [0.25, 0.3) is 0 Å². The van der Waals surface area contributed by atoms with Crippen LogP contribution in [0.15, 0.2) is 53.4 Å². The Morgan fingerprint density at radius 3 is 2.40 bits per heavy atom. The summed E-state index contributed by atoms with van der Waals surface area (Å²) in [5.41, 5.74) is -0.368. The summed E-state index contributed by atoms with van der Waals surface area (Å²) >= 11 is 0. The first-order valence-electron chi connectivity index (χ1n) is 9.10. The van der Waals surface area contributed by atoms with Gasteiger partial charge in [-0.25, -0.2) is 8.42 Å². The van der Waals surface area contributed by atoms with Crippen LogP contribution in [0.1, 0.15) is 24.0 Å². The molecular weight excluding hydrogens is 419 g/mol. The standard InChI is InChI=1S/C20H18F3N3O3S/c21-20(22,23)17-6-1-2-7-18(17)30(28,29)26-10-8-15(9-11-26)19(27)25-16-5-3-4-14(12-16)13-24/h1-7,12,15H,8-11H2,(H,25,27). The summed E-state index contributed by atoms with van der Waals surface area (Å²) < 4.78 is 66.2. The molecule has 2 aromatic carbocycles. The number of hydrogen-bond donors (Lipinski definition) is 1. The van der Waals surface area contributed by atoms with Gasteiger partial charge in [-0.2, -0.15) is 22.7 Å². The number of carbonyl (C=O) groups excluding carboxylic acids is 1. The maximum absolute atomic E-state index is 13.2. The number of nitrogens with one attached hydrogen (secondary N) is 1. The van der Waals surface area contributed by atoms with Crippen molar-refractivity contribution < 1.29 is 26.4 Å². The second-order valence-corrected chi connectivity index (χ2v) is 8.76. The molecular formula is C20H18F3N3O3S. The molecule has 6 nitrogen and oxygen atoms in total. The molecule has 1 fully saturated rings. The monoisotopic (exact) mass is 437 g/mol. The third-order valence-corrected chi connectivity index (χ3v) is 6.85. The van der Waals surface area contributed by atoms with E-state index < -0.39 is 32.6 Å². The van der Waals surface area contributed by atoms with Gasteiger partial charge < -0.3 is 5.32 Å². The minimum absolute atomic E-state index is 0.0646. The third-order valence-electron chi connectivity index (χ3n) is 4.89. The zero-order valence-electron chi connectivity index (χ0n) is 15.7. The van der Waals surface area contributed by atoms with Crippen molar-refractivity contribution in [2.24, 2.45) is 5.92 Å². The molecule has 158 valence electrons. The van der Waals surface area contributed by atoms with Crippen molar-refractivity contribution in [3.8, 4) is 6.07 Å². The number of alkyl halides is 3. The number of carbonyl (C=O) groups is 1. The van der Waals surface area contributed by atoms with Crippen molar-refractivity contribution in [2.75, 3.05) is 18.4 Å². The van der Waals surface area contributed by atoms with E-state index >= 15 is 0 Å². The topological polar surface area (TPSA) is 90.3 Å². The fourth-order valence-corrected chi connectivity index (χ4v) is 5.02. The first-order chi connectivity index (χ1) is 14.1. The summed E-state index contributed by atoms with van der Waals surface area (Å²) in [5.74, 6) is -0.808. The second-order valence-electron chi connectivity index (χ2n) is 6.85. The Kier molecular flexibility index (Phi) is 6.14. The van der Waals surface area contributed by atoms with Crippen molar-refractivity contribution in [1.29, 1.82) is 5.26 Å². The van der Waals surface area contributed by atoms with Gasteiger partial charge in [-0.15, -0.1) is 0 Å². The molecule has 1 saturated heterocycles. The van der Waals surface area contributed by atoms with Gasteiger partial charge in [0.1, 0.15) is 0 Å². The number of rotatable bonds is 4. The van der Waals surface area contributed by atoms with Gasteiger partial charge in [-0.05, 0) is 43.2 Å². The molecule has 1 aliphatic rings. The molecule has 0 unspecified atom stereocenters. The third kappa shape index (κ3) is 4.63. The van der Waals surface area contributed by atoms with Crippen LogP contribution in [0.3, 0.4) is 0 Å². The van der Waals surface area contributed by atoms with Crippen LogP contribution < -0.4 is 5.32 Å². The van der Waals surface area contributed by atoms with Crippen LogP contribution >= 0.6 is 0 Å². The highest BCUT2D eigenvalue weighted by atomic mass is 32.2. The van der Waals surface area contributed by atoms with E-state index in [1.54, 1.807) is 18.2 Å². The Hall–Kier alpha value is -2.90. The van der Waals surface area contributed by atoms with E-state index in [2.05, 4.69) is 5.32 Å². The number of benzene rings is 2. The van der Waals surface area contributed by atoms with Gasteiger partial charge in [0.15, 0.2) is 0 Å². The minimum atomic E-state index is -4.79. The zero-order valence-corrected chi connectivity index (χ0v) is 16.5. The van der Waals surface area contributed by atoms with E-state index in [4.69, 9.17) is 5.26 Å². The van der Waals surface area contributed by atoms with Crippen molar-refractivity contribution in [3.63, 3.8) is 0 Å². The van der Waals surface area contributed by atoms with Gasteiger partial charge in [-0.1, -0.05) is 18.2 Å². The fourth-order valence-electron chi connectivity index (χ4n) is 3.33. The predicted octanol–water partition coefficient (Wildman–Crippen LogP) is 3.62. The van der Waals surface area contributed by atoms with Crippen molar-refractivity contribution in [2.45, 2.75) is 23.9 Å². The summed E-state index contributed by atoms with van der Waals surface area (Å²) in [5, 5.41) is 11.6. The SMILES string of the molecule is N#Cc1cccc(NC(=O)C2CCN(S(=O)(=O)c3ccccc3C(F)(F)F)CC2)c1. The van der Waals surface area contributed by atoms with E-state index in [-0.39, 0.29) is 31.8 Å². The molecule has 1 amide bonds. The Labute approximate surface area is 172 Å². The molecule has 0 aromatic heterocycles. The van der Waals surface area contributed by atoms with Gasteiger partial charge in [0.25, 0.3) is 0 Å². The average Bonchev–Trinajstić information content (AvgIpc) is 2.73. The molecule has 0 bridgehead atoms. The molecule has 0 spiro atoms. The van der Waals surface area contributed by atoms with Crippen molar-refractivity contribution in [1.82, 2.24) is 4.31 Å². The second kappa shape index (κ2) is 8.45. The molecule has 1 heterocycles. The molecule has 0 radical (unpaired) electrons. The number of piperidine rings is 1. The number of nitriles is 1. The highest BCUT2D eigenvalue weighted by molar-refractivity contribution is 7.89. The molecule has 0 atom stereocenters. The predicted molar refractivity (Wildman–Crippen MR) is 103 cm³/mol. The van der Waals surface area contributed by atoms with E-state index in [1.807, 2.05) is 6.07 Å². The molecule has 1 aliphatic heterocycles. The lowest BCUT2D eigenvalue weighted by atomic mass is 9.97. The van der Waals surface area contributed by atoms with Gasteiger partial charge in [-0.3, -0.25) is 4.79 Å². The maximum Gasteiger partial charge on any atom is 0.417 e. The molecule has 0 aliphatic carbocycles. The van der Waals surface area contributed by atoms with Crippen LogP contribution in [-0.2, 0) is 21.0 Å². The Morgan fingerprint density at radius 1 is 1.10 bits per heavy atom. The zero-order chi connectivity index (χ0) is 21.9. The van der Waals surface area contributed by atoms with Gasteiger partial charge in [0.05, 0.1) is 22.1 Å². The highest BCUT2D eigenvalue weighted by Gasteiger charge is 2.40. The minimum Gasteiger partial charge on any atom is -0.326 e. The van der Waals surface area contributed by atoms with Crippen LogP contribution in [0, 0.1) is 17.2 Å². The number of hydrogen-bond acceptors (Lipinski definition) is 4. The van der Waals surface area contributed by atoms with E-state index in [0.717, 1.165) is 22.5 Å². The quantitative estimate of drug-likeness (QED) is 0.791. The highest BCUT2D eigenvalue weighted by Crippen LogP contribution is 2.36. The van der Waals surface area contributed by atoms with Crippen molar-refractivity contribution >= 4 is 21.6 Å². The lowest BCUT2D eigenvalue weighted by Crippen LogP contribution is -2.41. The van der Waals surface area contributed by atoms with Crippen molar-refractivity contribution in [3.05, 3.63) is 59.7 Å². The summed E-state index contributed by atoms with van der Waals surface area (Å²) in [6.07, 6.45) is -4.44. The van der Waals surface area contributed by atoms with Crippen LogP contribution in [0.5, 0.6) is 0 Å². The largest absolute Gasteiger partial charge is 0.417 e. The first-order valence-corrected chi connectivity index (χ1v) is 10.5. The normalized spacial score (nSPS) is 16.1. The van der Waals surface area contributed by atoms with Gasteiger partial charge in [0, 0.05) is 24.7 Å². The number of anilines is 1. The first kappa shape index (κ1) is 21.8. The lowest BCUT2D eigenvalue weighted by Gasteiger charge is -2.31. The maximum atomic E-state index is 13.2. The molecule has 10 heteroatoms. The van der Waals surface area contributed by atoms with Gasteiger partial charge in [0.2, 0.25) is 15.9 Å². The average molecular weight is 437 g/mol. The number of halogens is 3. The van der Waals surface area contributed by atoms with Crippen LogP contribution in [0.4, 0.5) is 18.9 Å².